The monoisotopic (exact) mass is 697 g/mol. The van der Waals surface area contributed by atoms with Gasteiger partial charge in [-0.1, -0.05) is 5.16 Å². The molecule has 32 heavy (non-hydrogen) atoms. The minimum absolute atomic E-state index is 0.0101. The van der Waals surface area contributed by atoms with Crippen molar-refractivity contribution in [3.8, 4) is 11.5 Å². The Morgan fingerprint density at radius 2 is 1.59 bits per heavy atom. The van der Waals surface area contributed by atoms with Gasteiger partial charge in [0.2, 0.25) is 0 Å². The van der Waals surface area contributed by atoms with E-state index in [0.29, 0.717) is 37.6 Å². The smallest absolute Gasteiger partial charge is 0.269 e. The van der Waals surface area contributed by atoms with Gasteiger partial charge in [-0.15, -0.1) is 0 Å². The average Bonchev–Trinajstić information content (AvgIpc) is 2.73. The van der Waals surface area contributed by atoms with Crippen LogP contribution < -0.4 is 20.5 Å². The standard InChI is InChI=1S/C21H23Br4N3O4/c1-31-19-14(22)9-13(10-15(19)23)11-18(28-30)21(29)27-5-2-6-32-20-16(24)7-12(3-4-26)8-17(20)25/h7-10,30H,2-6,11,26H2,1H3,(H,27,29). The summed E-state index contributed by atoms with van der Waals surface area (Å²) in [5.41, 5.74) is 7.51. The van der Waals surface area contributed by atoms with E-state index in [1.165, 1.54) is 0 Å². The Hall–Kier alpha value is -1.14. The van der Waals surface area contributed by atoms with Gasteiger partial charge < -0.3 is 25.7 Å². The van der Waals surface area contributed by atoms with Crippen molar-refractivity contribution in [2.24, 2.45) is 10.9 Å². The summed E-state index contributed by atoms with van der Waals surface area (Å²) in [6.45, 7) is 1.34. The van der Waals surface area contributed by atoms with E-state index >= 15 is 0 Å². The molecular formula is C21H23Br4N3O4. The molecule has 0 aliphatic rings. The van der Waals surface area contributed by atoms with E-state index in [-0.39, 0.29) is 12.1 Å². The van der Waals surface area contributed by atoms with Crippen LogP contribution in [0.2, 0.25) is 0 Å². The van der Waals surface area contributed by atoms with E-state index in [0.717, 1.165) is 35.4 Å². The van der Waals surface area contributed by atoms with Gasteiger partial charge in [-0.3, -0.25) is 4.79 Å². The maximum atomic E-state index is 12.4. The Morgan fingerprint density at radius 3 is 2.12 bits per heavy atom. The number of halogens is 4. The van der Waals surface area contributed by atoms with Crippen LogP contribution in [-0.4, -0.2) is 43.6 Å². The quantitative estimate of drug-likeness (QED) is 0.129. The summed E-state index contributed by atoms with van der Waals surface area (Å²) in [7, 11) is 1.57. The fourth-order valence-electron chi connectivity index (χ4n) is 2.88. The van der Waals surface area contributed by atoms with Crippen LogP contribution in [0.1, 0.15) is 17.5 Å². The zero-order valence-electron chi connectivity index (χ0n) is 17.3. The van der Waals surface area contributed by atoms with Gasteiger partial charge in [0.25, 0.3) is 5.91 Å². The molecule has 2 aromatic carbocycles. The van der Waals surface area contributed by atoms with Crippen LogP contribution in [0.4, 0.5) is 0 Å². The van der Waals surface area contributed by atoms with Crippen molar-refractivity contribution in [1.29, 1.82) is 0 Å². The molecule has 0 unspecified atom stereocenters. The molecule has 0 atom stereocenters. The largest absolute Gasteiger partial charge is 0.494 e. The van der Waals surface area contributed by atoms with Gasteiger partial charge in [-0.25, -0.2) is 0 Å². The second-order valence-corrected chi connectivity index (χ2v) is 10.1. The van der Waals surface area contributed by atoms with Gasteiger partial charge in [-0.05, 0) is 118 Å². The topological polar surface area (TPSA) is 106 Å². The predicted molar refractivity (Wildman–Crippen MR) is 139 cm³/mol. The number of nitrogens with one attached hydrogen (secondary N) is 1. The van der Waals surface area contributed by atoms with Gasteiger partial charge in [0.1, 0.15) is 17.2 Å². The van der Waals surface area contributed by atoms with Crippen molar-refractivity contribution in [2.75, 3.05) is 26.8 Å². The highest BCUT2D eigenvalue weighted by Gasteiger charge is 2.16. The minimum atomic E-state index is -0.441. The number of nitrogens with two attached hydrogens (primary N) is 1. The molecule has 174 valence electrons. The molecule has 0 aliphatic carbocycles. The molecule has 0 saturated carbocycles. The maximum Gasteiger partial charge on any atom is 0.269 e. The summed E-state index contributed by atoms with van der Waals surface area (Å²) in [5.74, 6) is 0.905. The second kappa shape index (κ2) is 13.5. The highest BCUT2D eigenvalue weighted by molar-refractivity contribution is 9.11. The molecule has 2 aromatic rings. The Morgan fingerprint density at radius 1 is 1.03 bits per heavy atom. The SMILES string of the molecule is COc1c(Br)cc(CC(=NO)C(=O)NCCCOc2c(Br)cc(CCN)cc2Br)cc1Br. The molecule has 4 N–H and O–H groups in total. The normalized spacial score (nSPS) is 11.4. The van der Waals surface area contributed by atoms with E-state index in [1.54, 1.807) is 7.11 Å². The van der Waals surface area contributed by atoms with E-state index in [1.807, 2.05) is 24.3 Å². The summed E-state index contributed by atoms with van der Waals surface area (Å²) < 4.78 is 14.2. The van der Waals surface area contributed by atoms with Crippen LogP contribution in [0.5, 0.6) is 11.5 Å². The zero-order chi connectivity index (χ0) is 23.7. The first-order valence-electron chi connectivity index (χ1n) is 9.62. The molecule has 2 rings (SSSR count). The molecule has 1 amide bonds. The Bertz CT molecular complexity index is 940. The van der Waals surface area contributed by atoms with Crippen molar-refractivity contribution in [3.05, 3.63) is 53.3 Å². The van der Waals surface area contributed by atoms with Crippen LogP contribution in [-0.2, 0) is 17.6 Å². The fraction of sp³-hybridized carbons (Fsp3) is 0.333. The Kier molecular flexibility index (Phi) is 11.5. The number of ether oxygens (including phenoxy) is 2. The molecule has 0 saturated heterocycles. The summed E-state index contributed by atoms with van der Waals surface area (Å²) in [6.07, 6.45) is 1.52. The van der Waals surface area contributed by atoms with Crippen LogP contribution in [0.3, 0.4) is 0 Å². The maximum absolute atomic E-state index is 12.4. The molecule has 11 heteroatoms. The molecule has 7 nitrogen and oxygen atoms in total. The van der Waals surface area contributed by atoms with Gasteiger partial charge in [0.05, 0.1) is 31.6 Å². The highest BCUT2D eigenvalue weighted by atomic mass is 79.9. The third-order valence-electron chi connectivity index (χ3n) is 4.36. The lowest BCUT2D eigenvalue weighted by Crippen LogP contribution is -2.33. The predicted octanol–water partition coefficient (Wildman–Crippen LogP) is 5.20. The van der Waals surface area contributed by atoms with Crippen molar-refractivity contribution in [3.63, 3.8) is 0 Å². The van der Waals surface area contributed by atoms with E-state index in [9.17, 15) is 10.0 Å². The number of hydrogen-bond donors (Lipinski definition) is 3. The third-order valence-corrected chi connectivity index (χ3v) is 6.72. The van der Waals surface area contributed by atoms with Crippen LogP contribution in [0.25, 0.3) is 0 Å². The fourth-order valence-corrected chi connectivity index (χ4v) is 5.99. The Balaban J connectivity index is 1.85. The number of benzene rings is 2. The molecule has 0 spiro atoms. The van der Waals surface area contributed by atoms with Crippen LogP contribution in [0.15, 0.2) is 47.3 Å². The number of carbonyl (C=O) groups is 1. The van der Waals surface area contributed by atoms with Crippen LogP contribution >= 0.6 is 63.7 Å². The van der Waals surface area contributed by atoms with Crippen molar-refractivity contribution in [2.45, 2.75) is 19.3 Å². The first kappa shape index (κ1) is 27.1. The van der Waals surface area contributed by atoms with E-state index < -0.39 is 5.91 Å². The average molecular weight is 701 g/mol. The molecule has 0 fully saturated rings. The van der Waals surface area contributed by atoms with Crippen molar-refractivity contribution < 1.29 is 19.5 Å². The molecule has 0 radical (unpaired) electrons. The van der Waals surface area contributed by atoms with Gasteiger partial charge in [-0.2, -0.15) is 0 Å². The number of amides is 1. The Labute approximate surface area is 220 Å². The zero-order valence-corrected chi connectivity index (χ0v) is 23.6. The molecular weight excluding hydrogens is 678 g/mol. The van der Waals surface area contributed by atoms with Gasteiger partial charge in [0.15, 0.2) is 0 Å². The summed E-state index contributed by atoms with van der Waals surface area (Å²) in [4.78, 5) is 12.4. The van der Waals surface area contributed by atoms with Crippen molar-refractivity contribution >= 4 is 75.3 Å². The number of oxime groups is 1. The van der Waals surface area contributed by atoms with E-state index in [4.69, 9.17) is 15.2 Å². The number of methoxy groups -OCH3 is 1. The lowest BCUT2D eigenvalue weighted by Gasteiger charge is -2.13. The summed E-state index contributed by atoms with van der Waals surface area (Å²) in [5, 5.41) is 15.2. The summed E-state index contributed by atoms with van der Waals surface area (Å²) >= 11 is 13.9. The first-order chi connectivity index (χ1) is 15.3. The number of rotatable bonds is 11. The van der Waals surface area contributed by atoms with Crippen molar-refractivity contribution in [1.82, 2.24) is 5.32 Å². The number of hydrogen-bond acceptors (Lipinski definition) is 6. The first-order valence-corrected chi connectivity index (χ1v) is 12.8. The van der Waals surface area contributed by atoms with E-state index in [2.05, 4.69) is 74.2 Å². The third kappa shape index (κ3) is 7.72. The van der Waals surface area contributed by atoms with Gasteiger partial charge >= 0.3 is 0 Å². The highest BCUT2D eigenvalue weighted by Crippen LogP contribution is 2.35. The minimum Gasteiger partial charge on any atom is -0.494 e. The lowest BCUT2D eigenvalue weighted by atomic mass is 10.1. The number of nitrogens with zero attached hydrogens (tertiary/aromatic N) is 1. The molecule has 0 aromatic heterocycles. The molecule has 0 bridgehead atoms. The second-order valence-electron chi connectivity index (χ2n) is 6.70. The molecule has 0 heterocycles. The number of carbonyl (C=O) groups excluding carboxylic acids is 1. The molecule has 0 aliphatic heterocycles. The van der Waals surface area contributed by atoms with Crippen LogP contribution in [0, 0.1) is 0 Å². The van der Waals surface area contributed by atoms with Gasteiger partial charge in [0, 0.05) is 13.0 Å². The lowest BCUT2D eigenvalue weighted by molar-refractivity contribution is -0.115. The summed E-state index contributed by atoms with van der Waals surface area (Å²) in [6, 6.07) is 7.58.